The number of nitrogens with one attached hydrogen (secondary N) is 1. The summed E-state index contributed by atoms with van der Waals surface area (Å²) in [4.78, 5) is 16.6. The molecule has 3 rings (SSSR count). The van der Waals surface area contributed by atoms with E-state index in [1.54, 1.807) is 42.2 Å². The molecule has 0 saturated carbocycles. The van der Waals surface area contributed by atoms with Crippen molar-refractivity contribution in [2.45, 2.75) is 13.5 Å². The average Bonchev–Trinajstić information content (AvgIpc) is 3.27. The van der Waals surface area contributed by atoms with Gasteiger partial charge in [0.1, 0.15) is 22.7 Å². The quantitative estimate of drug-likeness (QED) is 0.714. The molecule has 1 aromatic carbocycles. The number of hydrogen-bond donors (Lipinski definition) is 2. The Bertz CT molecular complexity index is 827. The lowest BCUT2D eigenvalue weighted by atomic mass is 10.2. The lowest BCUT2D eigenvalue weighted by Gasteiger charge is -2.10. The normalized spacial score (nSPS) is 10.6. The standard InChI is InChI=1S/C17H16N2O4S/c1-2-23-15-4-3-13(7-12(15)8-20)18-16(21)14-10-24-17(19-14)11-5-6-22-9-11/h3-7,9-10,20H,2,8H2,1H3,(H,18,21). The number of thiazole rings is 1. The van der Waals surface area contributed by atoms with Crippen LogP contribution in [0, 0.1) is 0 Å². The molecule has 0 bridgehead atoms. The lowest BCUT2D eigenvalue weighted by molar-refractivity contribution is 0.102. The molecule has 124 valence electrons. The summed E-state index contributed by atoms with van der Waals surface area (Å²) in [6.45, 7) is 2.21. The van der Waals surface area contributed by atoms with Gasteiger partial charge < -0.3 is 19.6 Å². The third-order valence-corrected chi connectivity index (χ3v) is 4.18. The number of carbonyl (C=O) groups is 1. The molecule has 0 spiro atoms. The van der Waals surface area contributed by atoms with Crippen molar-refractivity contribution in [3.05, 3.63) is 53.4 Å². The molecule has 2 N–H and O–H groups in total. The molecule has 0 aliphatic rings. The zero-order chi connectivity index (χ0) is 16.9. The highest BCUT2D eigenvalue weighted by Crippen LogP contribution is 2.26. The van der Waals surface area contributed by atoms with E-state index in [0.717, 1.165) is 10.6 Å². The summed E-state index contributed by atoms with van der Waals surface area (Å²) in [7, 11) is 0. The molecule has 2 heterocycles. The Morgan fingerprint density at radius 1 is 1.42 bits per heavy atom. The van der Waals surface area contributed by atoms with Gasteiger partial charge in [-0.25, -0.2) is 4.98 Å². The Labute approximate surface area is 142 Å². The van der Waals surface area contributed by atoms with Crippen molar-refractivity contribution in [3.63, 3.8) is 0 Å². The summed E-state index contributed by atoms with van der Waals surface area (Å²) in [6, 6.07) is 6.93. The first-order valence-corrected chi connectivity index (χ1v) is 8.25. The fraction of sp³-hybridized carbons (Fsp3) is 0.176. The topological polar surface area (TPSA) is 84.6 Å². The van der Waals surface area contributed by atoms with E-state index in [9.17, 15) is 9.90 Å². The molecule has 0 unspecified atom stereocenters. The predicted octanol–water partition coefficient (Wildman–Crippen LogP) is 3.55. The van der Waals surface area contributed by atoms with Crippen LogP contribution in [0.4, 0.5) is 5.69 Å². The molecule has 0 aliphatic carbocycles. The number of furan rings is 1. The van der Waals surface area contributed by atoms with Crippen molar-refractivity contribution in [2.75, 3.05) is 11.9 Å². The fourth-order valence-corrected chi connectivity index (χ4v) is 2.96. The minimum Gasteiger partial charge on any atom is -0.494 e. The molecule has 2 aromatic heterocycles. The van der Waals surface area contributed by atoms with Gasteiger partial charge in [0.15, 0.2) is 0 Å². The van der Waals surface area contributed by atoms with Gasteiger partial charge in [0, 0.05) is 22.2 Å². The molecule has 0 atom stereocenters. The Balaban J connectivity index is 1.75. The summed E-state index contributed by atoms with van der Waals surface area (Å²) in [6.07, 6.45) is 3.15. The van der Waals surface area contributed by atoms with Gasteiger partial charge in [0.2, 0.25) is 0 Å². The fourth-order valence-electron chi connectivity index (χ4n) is 2.17. The van der Waals surface area contributed by atoms with Crippen LogP contribution in [0.2, 0.25) is 0 Å². The highest BCUT2D eigenvalue weighted by atomic mass is 32.1. The van der Waals surface area contributed by atoms with Crippen molar-refractivity contribution >= 4 is 22.9 Å². The maximum atomic E-state index is 12.3. The third kappa shape index (κ3) is 3.47. The first-order chi connectivity index (χ1) is 11.7. The molecule has 0 radical (unpaired) electrons. The van der Waals surface area contributed by atoms with Crippen LogP contribution in [-0.4, -0.2) is 22.6 Å². The zero-order valence-electron chi connectivity index (χ0n) is 13.0. The smallest absolute Gasteiger partial charge is 0.275 e. The van der Waals surface area contributed by atoms with E-state index in [-0.39, 0.29) is 12.5 Å². The van der Waals surface area contributed by atoms with E-state index in [1.165, 1.54) is 11.3 Å². The maximum Gasteiger partial charge on any atom is 0.275 e. The van der Waals surface area contributed by atoms with Crippen LogP contribution in [0.3, 0.4) is 0 Å². The average molecular weight is 344 g/mol. The van der Waals surface area contributed by atoms with Gasteiger partial charge in [-0.2, -0.15) is 0 Å². The number of nitrogens with zero attached hydrogens (tertiary/aromatic N) is 1. The van der Waals surface area contributed by atoms with Crippen LogP contribution >= 0.6 is 11.3 Å². The molecule has 6 nitrogen and oxygen atoms in total. The number of aliphatic hydroxyl groups excluding tert-OH is 1. The number of hydrogen-bond acceptors (Lipinski definition) is 6. The molecular formula is C17H16N2O4S. The second kappa shape index (κ2) is 7.29. The van der Waals surface area contributed by atoms with Crippen LogP contribution in [-0.2, 0) is 6.61 Å². The highest BCUT2D eigenvalue weighted by molar-refractivity contribution is 7.13. The number of carbonyl (C=O) groups excluding carboxylic acids is 1. The van der Waals surface area contributed by atoms with Crippen LogP contribution in [0.5, 0.6) is 5.75 Å². The van der Waals surface area contributed by atoms with Crippen molar-refractivity contribution in [2.24, 2.45) is 0 Å². The predicted molar refractivity (Wildman–Crippen MR) is 91.3 cm³/mol. The van der Waals surface area contributed by atoms with Crippen LogP contribution in [0.15, 0.2) is 46.6 Å². The monoisotopic (exact) mass is 344 g/mol. The summed E-state index contributed by atoms with van der Waals surface area (Å²) >= 11 is 1.37. The Kier molecular flexibility index (Phi) is 4.93. The molecule has 0 aliphatic heterocycles. The number of rotatable bonds is 6. The third-order valence-electron chi connectivity index (χ3n) is 3.29. The van der Waals surface area contributed by atoms with Crippen molar-refractivity contribution < 1.29 is 19.1 Å². The SMILES string of the molecule is CCOc1ccc(NC(=O)c2csc(-c3ccoc3)n2)cc1CO. The van der Waals surface area contributed by atoms with Gasteiger partial charge >= 0.3 is 0 Å². The number of aromatic nitrogens is 1. The Morgan fingerprint density at radius 2 is 2.29 bits per heavy atom. The summed E-state index contributed by atoms with van der Waals surface area (Å²) in [5.74, 6) is 0.294. The molecule has 1 amide bonds. The zero-order valence-corrected chi connectivity index (χ0v) is 13.8. The Hall–Kier alpha value is -2.64. The molecule has 0 fully saturated rings. The van der Waals surface area contributed by atoms with Gasteiger partial charge in [0.25, 0.3) is 5.91 Å². The van der Waals surface area contributed by atoms with Crippen molar-refractivity contribution in [3.8, 4) is 16.3 Å². The molecular weight excluding hydrogens is 328 g/mol. The van der Waals surface area contributed by atoms with Gasteiger partial charge in [0.05, 0.1) is 19.5 Å². The van der Waals surface area contributed by atoms with Gasteiger partial charge in [-0.1, -0.05) is 0 Å². The second-order valence-electron chi connectivity index (χ2n) is 4.92. The van der Waals surface area contributed by atoms with Crippen LogP contribution in [0.1, 0.15) is 23.0 Å². The molecule has 0 saturated heterocycles. The van der Waals surface area contributed by atoms with Gasteiger partial charge in [-0.3, -0.25) is 4.79 Å². The minimum absolute atomic E-state index is 0.166. The van der Waals surface area contributed by atoms with E-state index >= 15 is 0 Å². The first kappa shape index (κ1) is 16.2. The van der Waals surface area contributed by atoms with Crippen LogP contribution in [0.25, 0.3) is 10.6 Å². The van der Waals surface area contributed by atoms with E-state index < -0.39 is 0 Å². The minimum atomic E-state index is -0.311. The largest absolute Gasteiger partial charge is 0.494 e. The summed E-state index contributed by atoms with van der Waals surface area (Å²) in [5, 5.41) is 14.6. The lowest BCUT2D eigenvalue weighted by Crippen LogP contribution is -2.12. The molecule has 24 heavy (non-hydrogen) atoms. The number of ether oxygens (including phenoxy) is 1. The van der Waals surface area contributed by atoms with E-state index in [2.05, 4.69) is 10.3 Å². The second-order valence-corrected chi connectivity index (χ2v) is 5.78. The Morgan fingerprint density at radius 3 is 3.00 bits per heavy atom. The van der Waals surface area contributed by atoms with Crippen molar-refractivity contribution in [1.29, 1.82) is 0 Å². The van der Waals surface area contributed by atoms with E-state index in [4.69, 9.17) is 9.15 Å². The van der Waals surface area contributed by atoms with Crippen molar-refractivity contribution in [1.82, 2.24) is 4.98 Å². The number of anilines is 1. The van der Waals surface area contributed by atoms with Gasteiger partial charge in [-0.05, 0) is 31.2 Å². The molecule has 3 aromatic rings. The van der Waals surface area contributed by atoms with E-state index in [1.807, 2.05) is 6.92 Å². The van der Waals surface area contributed by atoms with Gasteiger partial charge in [-0.15, -0.1) is 11.3 Å². The number of benzene rings is 1. The van der Waals surface area contributed by atoms with Crippen LogP contribution < -0.4 is 10.1 Å². The number of amides is 1. The highest BCUT2D eigenvalue weighted by Gasteiger charge is 2.13. The summed E-state index contributed by atoms with van der Waals surface area (Å²) in [5.41, 5.74) is 2.36. The number of aliphatic hydroxyl groups is 1. The molecule has 7 heteroatoms. The first-order valence-electron chi connectivity index (χ1n) is 7.37. The maximum absolute atomic E-state index is 12.3. The summed E-state index contributed by atoms with van der Waals surface area (Å²) < 4.78 is 10.4. The van der Waals surface area contributed by atoms with E-state index in [0.29, 0.717) is 29.3 Å².